The molecule has 0 aliphatic carbocycles. The van der Waals surface area contributed by atoms with Gasteiger partial charge in [0.25, 0.3) is 5.19 Å². The molecule has 0 saturated carbocycles. The molecule has 0 bridgehead atoms. The van der Waals surface area contributed by atoms with E-state index in [9.17, 15) is 4.39 Å². The Morgan fingerprint density at radius 3 is 2.89 bits per heavy atom. The molecular weight excluding hydrogens is 263 g/mol. The Kier molecular flexibility index (Phi) is 2.83. The van der Waals surface area contributed by atoms with Crippen LogP contribution in [0.1, 0.15) is 5.56 Å². The fourth-order valence-electron chi connectivity index (χ4n) is 1.75. The number of aromatic nitrogens is 1. The van der Waals surface area contributed by atoms with Gasteiger partial charge in [0.2, 0.25) is 0 Å². The number of anilines is 1. The number of ether oxygens (including phenoxy) is 1. The highest BCUT2D eigenvalue weighted by atomic mass is 32.1. The third-order valence-corrected chi connectivity index (χ3v) is 3.57. The average molecular weight is 274 g/mol. The van der Waals surface area contributed by atoms with Gasteiger partial charge in [-0.15, -0.1) is 0 Å². The van der Waals surface area contributed by atoms with Gasteiger partial charge in [0.15, 0.2) is 11.6 Å². The van der Waals surface area contributed by atoms with E-state index in [1.54, 1.807) is 18.2 Å². The van der Waals surface area contributed by atoms with E-state index in [4.69, 9.17) is 10.5 Å². The summed E-state index contributed by atoms with van der Waals surface area (Å²) in [6, 6.07) is 10.2. The number of halogens is 1. The van der Waals surface area contributed by atoms with Gasteiger partial charge in [-0.1, -0.05) is 17.4 Å². The second kappa shape index (κ2) is 4.51. The number of thiazole rings is 1. The van der Waals surface area contributed by atoms with E-state index in [0.717, 1.165) is 15.8 Å². The smallest absolute Gasteiger partial charge is 0.279 e. The van der Waals surface area contributed by atoms with Crippen molar-refractivity contribution in [2.45, 2.75) is 6.92 Å². The SMILES string of the molecule is Cc1ccc(F)c(Oc2nc3ccc(N)cc3s2)c1. The monoisotopic (exact) mass is 274 g/mol. The van der Waals surface area contributed by atoms with E-state index in [1.807, 2.05) is 19.1 Å². The molecule has 0 saturated heterocycles. The molecule has 5 heteroatoms. The summed E-state index contributed by atoms with van der Waals surface area (Å²) in [6.45, 7) is 1.88. The van der Waals surface area contributed by atoms with E-state index in [2.05, 4.69) is 4.98 Å². The van der Waals surface area contributed by atoms with Crippen LogP contribution < -0.4 is 10.5 Å². The largest absolute Gasteiger partial charge is 0.428 e. The zero-order valence-electron chi connectivity index (χ0n) is 10.2. The van der Waals surface area contributed by atoms with Crippen molar-refractivity contribution in [1.82, 2.24) is 4.98 Å². The van der Waals surface area contributed by atoms with Gasteiger partial charge < -0.3 is 10.5 Å². The Bertz CT molecular complexity index is 754. The molecule has 0 amide bonds. The highest BCUT2D eigenvalue weighted by Gasteiger charge is 2.09. The summed E-state index contributed by atoms with van der Waals surface area (Å²) >= 11 is 1.34. The Morgan fingerprint density at radius 1 is 1.21 bits per heavy atom. The van der Waals surface area contributed by atoms with Crippen LogP contribution in [0.5, 0.6) is 10.9 Å². The van der Waals surface area contributed by atoms with Gasteiger partial charge in [-0.05, 0) is 42.8 Å². The molecule has 0 fully saturated rings. The van der Waals surface area contributed by atoms with Gasteiger partial charge in [0.05, 0.1) is 10.2 Å². The molecule has 19 heavy (non-hydrogen) atoms. The lowest BCUT2D eigenvalue weighted by molar-refractivity contribution is 0.440. The number of nitrogens with two attached hydrogens (primary N) is 1. The molecular formula is C14H11FN2OS. The molecule has 2 N–H and O–H groups in total. The quantitative estimate of drug-likeness (QED) is 0.715. The van der Waals surface area contributed by atoms with Gasteiger partial charge in [-0.25, -0.2) is 9.37 Å². The lowest BCUT2D eigenvalue weighted by atomic mass is 10.2. The van der Waals surface area contributed by atoms with E-state index in [0.29, 0.717) is 10.9 Å². The molecule has 0 aliphatic heterocycles. The molecule has 2 aromatic carbocycles. The number of nitrogen functional groups attached to an aromatic ring is 1. The summed E-state index contributed by atoms with van der Waals surface area (Å²) in [6.07, 6.45) is 0. The Hall–Kier alpha value is -2.14. The maximum absolute atomic E-state index is 13.6. The highest BCUT2D eigenvalue weighted by Crippen LogP contribution is 2.33. The molecule has 0 radical (unpaired) electrons. The van der Waals surface area contributed by atoms with Crippen LogP contribution in [0.3, 0.4) is 0 Å². The minimum atomic E-state index is -0.399. The van der Waals surface area contributed by atoms with E-state index in [1.165, 1.54) is 17.4 Å². The molecule has 3 nitrogen and oxygen atoms in total. The van der Waals surface area contributed by atoms with Gasteiger partial charge in [0, 0.05) is 5.69 Å². The molecule has 1 aromatic heterocycles. The van der Waals surface area contributed by atoms with Gasteiger partial charge in [0.1, 0.15) is 0 Å². The van der Waals surface area contributed by atoms with Crippen LogP contribution in [0.2, 0.25) is 0 Å². The fraction of sp³-hybridized carbons (Fsp3) is 0.0714. The number of aryl methyl sites for hydroxylation is 1. The average Bonchev–Trinajstić information content (AvgIpc) is 2.75. The molecule has 1 heterocycles. The van der Waals surface area contributed by atoms with Crippen LogP contribution in [0.25, 0.3) is 10.2 Å². The number of rotatable bonds is 2. The third-order valence-electron chi connectivity index (χ3n) is 2.68. The van der Waals surface area contributed by atoms with Crippen LogP contribution in [-0.2, 0) is 0 Å². The normalized spacial score (nSPS) is 10.8. The highest BCUT2D eigenvalue weighted by molar-refractivity contribution is 7.20. The Labute approximate surface area is 113 Å². The minimum Gasteiger partial charge on any atom is -0.428 e. The maximum Gasteiger partial charge on any atom is 0.279 e. The predicted octanol–water partition coefficient (Wildman–Crippen LogP) is 4.12. The van der Waals surface area contributed by atoms with Crippen molar-refractivity contribution in [2.75, 3.05) is 5.73 Å². The van der Waals surface area contributed by atoms with Crippen molar-refractivity contribution in [3.05, 3.63) is 47.8 Å². The Balaban J connectivity index is 1.98. The van der Waals surface area contributed by atoms with Crippen LogP contribution in [0, 0.1) is 12.7 Å². The van der Waals surface area contributed by atoms with E-state index in [-0.39, 0.29) is 5.75 Å². The number of benzene rings is 2. The van der Waals surface area contributed by atoms with Gasteiger partial charge in [-0.3, -0.25) is 0 Å². The lowest BCUT2D eigenvalue weighted by Gasteiger charge is -2.03. The topological polar surface area (TPSA) is 48.1 Å². The number of hydrogen-bond donors (Lipinski definition) is 1. The number of hydrogen-bond acceptors (Lipinski definition) is 4. The molecule has 0 spiro atoms. The maximum atomic E-state index is 13.6. The zero-order valence-corrected chi connectivity index (χ0v) is 11.0. The predicted molar refractivity (Wildman–Crippen MR) is 75.2 cm³/mol. The first-order valence-electron chi connectivity index (χ1n) is 5.72. The lowest BCUT2D eigenvalue weighted by Crippen LogP contribution is -1.88. The summed E-state index contributed by atoms with van der Waals surface area (Å²) in [7, 11) is 0. The van der Waals surface area contributed by atoms with Crippen LogP contribution in [0.4, 0.5) is 10.1 Å². The second-order valence-electron chi connectivity index (χ2n) is 4.24. The van der Waals surface area contributed by atoms with Crippen molar-refractivity contribution in [3.8, 4) is 10.9 Å². The van der Waals surface area contributed by atoms with Gasteiger partial charge in [-0.2, -0.15) is 0 Å². The van der Waals surface area contributed by atoms with Crippen molar-refractivity contribution in [2.24, 2.45) is 0 Å². The molecule has 3 rings (SSSR count). The van der Waals surface area contributed by atoms with Crippen LogP contribution in [-0.4, -0.2) is 4.98 Å². The van der Waals surface area contributed by atoms with Crippen molar-refractivity contribution in [1.29, 1.82) is 0 Å². The van der Waals surface area contributed by atoms with Crippen molar-refractivity contribution < 1.29 is 9.13 Å². The second-order valence-corrected chi connectivity index (χ2v) is 5.24. The first-order chi connectivity index (χ1) is 9.11. The summed E-state index contributed by atoms with van der Waals surface area (Å²) < 4.78 is 20.0. The van der Waals surface area contributed by atoms with Crippen LogP contribution >= 0.6 is 11.3 Å². The van der Waals surface area contributed by atoms with Crippen molar-refractivity contribution in [3.63, 3.8) is 0 Å². The van der Waals surface area contributed by atoms with Crippen LogP contribution in [0.15, 0.2) is 36.4 Å². The Morgan fingerprint density at radius 2 is 2.05 bits per heavy atom. The standard InChI is InChI=1S/C14H11FN2OS/c1-8-2-4-10(15)12(6-8)18-14-17-11-5-3-9(16)7-13(11)19-14/h2-7H,16H2,1H3. The molecule has 0 aliphatic rings. The fourth-order valence-corrected chi connectivity index (χ4v) is 2.62. The van der Waals surface area contributed by atoms with E-state index < -0.39 is 5.82 Å². The number of fused-ring (bicyclic) bond motifs is 1. The minimum absolute atomic E-state index is 0.187. The number of nitrogens with zero attached hydrogens (tertiary/aromatic N) is 1. The summed E-state index contributed by atoms with van der Waals surface area (Å²) in [5.74, 6) is -0.212. The zero-order chi connectivity index (χ0) is 13.4. The third kappa shape index (κ3) is 2.37. The molecule has 96 valence electrons. The first kappa shape index (κ1) is 11.9. The molecule has 3 aromatic rings. The van der Waals surface area contributed by atoms with E-state index >= 15 is 0 Å². The molecule has 0 unspecified atom stereocenters. The van der Waals surface area contributed by atoms with Gasteiger partial charge >= 0.3 is 0 Å². The summed E-state index contributed by atoms with van der Waals surface area (Å²) in [5.41, 5.74) is 8.10. The van der Waals surface area contributed by atoms with Crippen molar-refractivity contribution >= 4 is 27.2 Å². The molecule has 0 atom stereocenters. The summed E-state index contributed by atoms with van der Waals surface area (Å²) in [5, 5.41) is 0.408. The summed E-state index contributed by atoms with van der Waals surface area (Å²) in [4.78, 5) is 4.29. The first-order valence-corrected chi connectivity index (χ1v) is 6.53.